The zero-order chi connectivity index (χ0) is 56.7. The van der Waals surface area contributed by atoms with Gasteiger partial charge in [-0.15, -0.1) is 11.6 Å². The molecule has 9 amide bonds. The number of anilines is 3. The van der Waals surface area contributed by atoms with Crippen molar-refractivity contribution in [2.75, 3.05) is 67.7 Å². The SMILES string of the molecule is CC(C)C[C@H](NC(=O)CCCN1C(=O)C=CC1=O)C(=O)N[C@@H](C)C(=O)N[C@@H](CC(C)C)C(=O)Nc1ccc(C(=O)Nc2ccc3[nH]c(C(=O)N4C[C@@H](CCl)c5c4cc(OC(=O)N4CCN(C)CC4)c4ccccc54)cc3c2)cc1. The molecular weight excluding hydrogens is 1030 g/mol. The second kappa shape index (κ2) is 25.1. The third-order valence-corrected chi connectivity index (χ3v) is 14.6. The summed E-state index contributed by atoms with van der Waals surface area (Å²) in [6.45, 7) is 12.0. The molecule has 0 radical (unpaired) electrons. The topological polar surface area (TPSA) is 252 Å². The fourth-order valence-corrected chi connectivity index (χ4v) is 10.2. The first-order chi connectivity index (χ1) is 37.8. The standard InChI is InChI=1S/C58H67ClN10O10/c1-33(2)26-44(64-49(70)12-9-21-68-50(71)19-20-51(68)72)55(75)60-35(5)53(73)65-45(27-34(3)4)56(76)61-39-15-13-36(14-16-39)54(74)62-40-17-18-43-37(28-40)29-46(63-43)57(77)69-32-38(31-59)52-42-11-8-7-10-41(42)48(30-47(52)69)79-58(78)67-24-22-66(6)23-25-67/h7-8,10-11,13-20,28-30,33-35,38,44-45,63H,9,12,21-27,31-32H2,1-6H3,(H,60,75)(H,61,76)(H,62,74)(H,64,70)(H,65,73)/t35-,38+,44-,45-/m0/s1. The van der Waals surface area contributed by atoms with E-state index in [1.165, 1.54) is 19.1 Å². The third-order valence-electron chi connectivity index (χ3n) is 14.2. The summed E-state index contributed by atoms with van der Waals surface area (Å²) in [6, 6.07) is 19.6. The Bertz CT molecular complexity index is 3180. The largest absolute Gasteiger partial charge is 0.415 e. The Kier molecular flexibility index (Phi) is 18.2. The van der Waals surface area contributed by atoms with Crippen LogP contribution in [0.15, 0.2) is 91.0 Å². The van der Waals surface area contributed by atoms with Gasteiger partial charge in [0.2, 0.25) is 23.6 Å². The number of rotatable bonds is 20. The molecule has 416 valence electrons. The maximum Gasteiger partial charge on any atom is 0.415 e. The summed E-state index contributed by atoms with van der Waals surface area (Å²) in [7, 11) is 2.01. The lowest BCUT2D eigenvalue weighted by Gasteiger charge is -2.31. The van der Waals surface area contributed by atoms with Crippen molar-refractivity contribution in [1.82, 2.24) is 35.6 Å². The van der Waals surface area contributed by atoms with E-state index in [4.69, 9.17) is 16.3 Å². The van der Waals surface area contributed by atoms with Crippen LogP contribution in [0.4, 0.5) is 21.9 Å². The summed E-state index contributed by atoms with van der Waals surface area (Å²) in [5.41, 5.74) is 3.63. The highest BCUT2D eigenvalue weighted by atomic mass is 35.5. The molecule has 4 heterocycles. The highest BCUT2D eigenvalue weighted by Gasteiger charge is 2.37. The summed E-state index contributed by atoms with van der Waals surface area (Å²) in [6.07, 6.45) is 2.60. The second-order valence-corrected chi connectivity index (χ2v) is 21.5. The summed E-state index contributed by atoms with van der Waals surface area (Å²) < 4.78 is 6.06. The molecule has 1 aromatic heterocycles. The van der Waals surface area contributed by atoms with Crippen molar-refractivity contribution >= 4 is 104 Å². The van der Waals surface area contributed by atoms with Crippen LogP contribution in [0.25, 0.3) is 21.7 Å². The van der Waals surface area contributed by atoms with E-state index in [0.29, 0.717) is 64.6 Å². The van der Waals surface area contributed by atoms with Crippen LogP contribution in [0.2, 0.25) is 0 Å². The van der Waals surface area contributed by atoms with Gasteiger partial charge in [0.15, 0.2) is 0 Å². The van der Waals surface area contributed by atoms with Gasteiger partial charge in [-0.3, -0.25) is 43.3 Å². The Morgan fingerprint density at radius 3 is 2.03 bits per heavy atom. The van der Waals surface area contributed by atoms with Gasteiger partial charge >= 0.3 is 6.09 Å². The van der Waals surface area contributed by atoms with Crippen molar-refractivity contribution in [2.24, 2.45) is 11.8 Å². The minimum atomic E-state index is -1.08. The first-order valence-corrected chi connectivity index (χ1v) is 27.2. The molecule has 21 heteroatoms. The number of piperazine rings is 1. The van der Waals surface area contributed by atoms with Crippen LogP contribution in [0, 0.1) is 11.8 Å². The lowest BCUT2D eigenvalue weighted by Crippen LogP contribution is -2.55. The summed E-state index contributed by atoms with van der Waals surface area (Å²) in [5, 5.41) is 16.1. The molecule has 79 heavy (non-hydrogen) atoms. The Balaban J connectivity index is 0.865. The van der Waals surface area contributed by atoms with E-state index in [9.17, 15) is 43.2 Å². The van der Waals surface area contributed by atoms with Crippen LogP contribution in [0.5, 0.6) is 5.75 Å². The zero-order valence-electron chi connectivity index (χ0n) is 45.2. The Hall–Kier alpha value is -8.10. The number of likely N-dealkylation sites (N-methyl/N-ethyl adjacent to an activating group) is 1. The molecule has 4 aromatic carbocycles. The average molecular weight is 1100 g/mol. The summed E-state index contributed by atoms with van der Waals surface area (Å²) in [4.78, 5) is 128. The van der Waals surface area contributed by atoms with Gasteiger partial charge in [-0.1, -0.05) is 52.0 Å². The number of benzene rings is 4. The van der Waals surface area contributed by atoms with E-state index >= 15 is 0 Å². The summed E-state index contributed by atoms with van der Waals surface area (Å²) in [5.74, 6) is -3.35. The predicted octanol–water partition coefficient (Wildman–Crippen LogP) is 6.51. The van der Waals surface area contributed by atoms with Gasteiger partial charge in [0, 0.05) is 109 Å². The smallest absolute Gasteiger partial charge is 0.409 e. The number of nitrogens with zero attached hydrogens (tertiary/aromatic N) is 4. The molecule has 1 saturated heterocycles. The van der Waals surface area contributed by atoms with Gasteiger partial charge in [0.25, 0.3) is 23.6 Å². The van der Waals surface area contributed by atoms with E-state index in [1.807, 2.05) is 59.0 Å². The number of carbonyl (C=O) groups excluding carboxylic acids is 9. The monoisotopic (exact) mass is 1100 g/mol. The molecule has 4 atom stereocenters. The molecule has 0 bridgehead atoms. The van der Waals surface area contributed by atoms with Gasteiger partial charge in [0.1, 0.15) is 29.6 Å². The zero-order valence-corrected chi connectivity index (χ0v) is 45.9. The van der Waals surface area contributed by atoms with Gasteiger partial charge in [0.05, 0.1) is 5.69 Å². The number of amides is 9. The number of carbonyl (C=O) groups is 9. The minimum Gasteiger partial charge on any atom is -0.409 e. The van der Waals surface area contributed by atoms with Crippen LogP contribution >= 0.6 is 11.6 Å². The number of hydrogen-bond acceptors (Lipinski definition) is 11. The molecule has 0 aliphatic carbocycles. The quantitative estimate of drug-likeness (QED) is 0.0362. The van der Waals surface area contributed by atoms with Gasteiger partial charge in [-0.25, -0.2) is 4.79 Å². The van der Waals surface area contributed by atoms with E-state index in [1.54, 1.807) is 64.4 Å². The Morgan fingerprint density at radius 2 is 1.37 bits per heavy atom. The molecule has 8 rings (SSSR count). The first kappa shape index (κ1) is 57.1. The molecular formula is C58H67ClN10O10. The predicted molar refractivity (Wildman–Crippen MR) is 301 cm³/mol. The molecule has 0 saturated carbocycles. The molecule has 3 aliphatic rings. The van der Waals surface area contributed by atoms with Crippen LogP contribution < -0.4 is 36.2 Å². The van der Waals surface area contributed by atoms with Crippen molar-refractivity contribution in [3.63, 3.8) is 0 Å². The number of aromatic nitrogens is 1. The highest BCUT2D eigenvalue weighted by molar-refractivity contribution is 6.19. The van der Waals surface area contributed by atoms with Gasteiger partial charge in [-0.2, -0.15) is 0 Å². The summed E-state index contributed by atoms with van der Waals surface area (Å²) >= 11 is 6.56. The van der Waals surface area contributed by atoms with Crippen molar-refractivity contribution in [2.45, 2.75) is 84.3 Å². The van der Waals surface area contributed by atoms with Crippen LogP contribution in [0.1, 0.15) is 92.6 Å². The first-order valence-electron chi connectivity index (χ1n) is 26.6. The average Bonchev–Trinajstić information content (AvgIpc) is 4.35. The maximum atomic E-state index is 14.4. The molecule has 1 fully saturated rings. The maximum absolute atomic E-state index is 14.4. The van der Waals surface area contributed by atoms with Gasteiger partial charge in [-0.05, 0) is 105 Å². The fraction of sp³-hybridized carbons (Fsp3) is 0.397. The molecule has 20 nitrogen and oxygen atoms in total. The number of nitrogens with one attached hydrogen (secondary N) is 6. The van der Waals surface area contributed by atoms with Crippen LogP contribution in [0.3, 0.4) is 0 Å². The van der Waals surface area contributed by atoms with Crippen LogP contribution in [-0.2, 0) is 28.8 Å². The lowest BCUT2D eigenvalue weighted by atomic mass is 9.95. The van der Waals surface area contributed by atoms with Crippen molar-refractivity contribution in [3.8, 4) is 5.75 Å². The number of H-pyrrole nitrogens is 1. The van der Waals surface area contributed by atoms with Crippen molar-refractivity contribution < 1.29 is 47.9 Å². The van der Waals surface area contributed by atoms with Crippen LogP contribution in [-0.4, -0.2) is 143 Å². The number of ether oxygens (including phenoxy) is 1. The van der Waals surface area contributed by atoms with E-state index < -0.39 is 65.6 Å². The van der Waals surface area contributed by atoms with Gasteiger partial charge < -0.3 is 51.0 Å². The molecule has 0 spiro atoms. The fourth-order valence-electron chi connectivity index (χ4n) is 9.97. The third kappa shape index (κ3) is 13.8. The van der Waals surface area contributed by atoms with Crippen molar-refractivity contribution in [1.29, 1.82) is 0 Å². The number of alkyl halides is 1. The number of imide groups is 1. The second-order valence-electron chi connectivity index (χ2n) is 21.2. The van der Waals surface area contributed by atoms with E-state index in [-0.39, 0.29) is 61.8 Å². The minimum absolute atomic E-state index is 0.00211. The number of halogens is 1. The number of aromatic amines is 1. The number of hydrogen-bond donors (Lipinski definition) is 6. The van der Waals surface area contributed by atoms with E-state index in [0.717, 1.165) is 34.3 Å². The molecule has 0 unspecified atom stereocenters. The molecule has 6 N–H and O–H groups in total. The Labute approximate surface area is 462 Å². The highest BCUT2D eigenvalue weighted by Crippen LogP contribution is 2.46. The van der Waals surface area contributed by atoms with Crippen molar-refractivity contribution in [3.05, 3.63) is 108 Å². The molecule has 5 aromatic rings. The Morgan fingerprint density at radius 1 is 0.722 bits per heavy atom. The molecule has 3 aliphatic heterocycles. The normalized spacial score (nSPS) is 16.5. The number of fused-ring (bicyclic) bond motifs is 4. The lowest BCUT2D eigenvalue weighted by molar-refractivity contribution is -0.137. The van der Waals surface area contributed by atoms with E-state index in [2.05, 4.69) is 36.5 Å².